The largest absolute Gasteiger partial charge is 0.476 e. The van der Waals surface area contributed by atoms with Gasteiger partial charge < -0.3 is 5.11 Å². The molecular weight excluding hydrogens is 242 g/mol. The van der Waals surface area contributed by atoms with Gasteiger partial charge in [0.2, 0.25) is 0 Å². The molecule has 0 saturated carbocycles. The molecule has 0 radical (unpaired) electrons. The average Bonchev–Trinajstić information content (AvgIpc) is 2.69. The summed E-state index contributed by atoms with van der Waals surface area (Å²) in [6, 6.07) is 2.03. The maximum atomic E-state index is 11.1. The molecule has 2 heterocycles. The van der Waals surface area contributed by atoms with Gasteiger partial charge >= 0.3 is 5.97 Å². The van der Waals surface area contributed by atoms with Gasteiger partial charge in [-0.3, -0.25) is 0 Å². The number of hydrogen-bond donors (Lipinski definition) is 1. The summed E-state index contributed by atoms with van der Waals surface area (Å²) in [4.78, 5) is 18.2. The minimum absolute atomic E-state index is 0.170. The number of hydrogen-bond acceptors (Lipinski definition) is 4. The Labute approximate surface area is 101 Å². The van der Waals surface area contributed by atoms with Crippen LogP contribution in [0.1, 0.15) is 25.3 Å². The monoisotopic (exact) mass is 253 g/mol. The Morgan fingerprint density at radius 3 is 2.50 bits per heavy atom. The lowest BCUT2D eigenvalue weighted by molar-refractivity contribution is 0.0692. The standard InChI is InChI=1S/C11H11NO2S2/c1-5-4-8(6(2)15-5)10-9(11(13)14)12-7(3)16-10/h4H,1-3H3,(H,13,14). The predicted molar refractivity (Wildman–Crippen MR) is 66.6 cm³/mol. The Hall–Kier alpha value is -1.20. The van der Waals surface area contributed by atoms with Gasteiger partial charge in [0.15, 0.2) is 5.69 Å². The van der Waals surface area contributed by atoms with Crippen molar-refractivity contribution < 1.29 is 9.90 Å². The Bertz CT molecular complexity index is 554. The molecule has 0 aromatic carbocycles. The maximum absolute atomic E-state index is 11.1. The number of aromatic nitrogens is 1. The number of aryl methyl sites for hydroxylation is 3. The molecule has 16 heavy (non-hydrogen) atoms. The lowest BCUT2D eigenvalue weighted by Gasteiger charge is -1.96. The van der Waals surface area contributed by atoms with E-state index in [1.54, 1.807) is 11.3 Å². The summed E-state index contributed by atoms with van der Waals surface area (Å²) in [6.45, 7) is 5.86. The summed E-state index contributed by atoms with van der Waals surface area (Å²) in [5, 5.41) is 9.87. The van der Waals surface area contributed by atoms with Crippen molar-refractivity contribution in [1.29, 1.82) is 0 Å². The van der Waals surface area contributed by atoms with E-state index in [9.17, 15) is 4.79 Å². The van der Waals surface area contributed by atoms with E-state index in [1.165, 1.54) is 16.2 Å². The third-order valence-corrected chi connectivity index (χ3v) is 4.19. The van der Waals surface area contributed by atoms with E-state index >= 15 is 0 Å². The minimum Gasteiger partial charge on any atom is -0.476 e. The first-order valence-corrected chi connectivity index (χ1v) is 6.40. The summed E-state index contributed by atoms with van der Waals surface area (Å²) in [6.07, 6.45) is 0. The topological polar surface area (TPSA) is 50.2 Å². The normalized spacial score (nSPS) is 10.7. The van der Waals surface area contributed by atoms with E-state index in [4.69, 9.17) is 5.11 Å². The van der Waals surface area contributed by atoms with Crippen molar-refractivity contribution in [1.82, 2.24) is 4.98 Å². The minimum atomic E-state index is -0.956. The number of thiophene rings is 1. The van der Waals surface area contributed by atoms with Crippen LogP contribution in [0.4, 0.5) is 0 Å². The van der Waals surface area contributed by atoms with Gasteiger partial charge in [-0.15, -0.1) is 22.7 Å². The van der Waals surface area contributed by atoms with Crippen LogP contribution in [0.25, 0.3) is 10.4 Å². The van der Waals surface area contributed by atoms with Crippen molar-refractivity contribution in [3.63, 3.8) is 0 Å². The quantitative estimate of drug-likeness (QED) is 0.891. The molecule has 2 aromatic rings. The molecule has 2 aromatic heterocycles. The highest BCUT2D eigenvalue weighted by Crippen LogP contribution is 2.36. The molecule has 0 amide bonds. The molecule has 0 saturated heterocycles. The molecule has 0 aliphatic rings. The number of nitrogens with zero attached hydrogens (tertiary/aromatic N) is 1. The fourth-order valence-electron chi connectivity index (χ4n) is 1.61. The molecule has 0 aliphatic carbocycles. The Morgan fingerprint density at radius 1 is 1.31 bits per heavy atom. The van der Waals surface area contributed by atoms with Crippen molar-refractivity contribution in [3.05, 3.63) is 26.5 Å². The number of thiazole rings is 1. The van der Waals surface area contributed by atoms with Crippen molar-refractivity contribution >= 4 is 28.6 Å². The SMILES string of the molecule is Cc1cc(-c2sc(C)nc2C(=O)O)c(C)s1. The van der Waals surface area contributed by atoms with Gasteiger partial charge in [-0.25, -0.2) is 9.78 Å². The van der Waals surface area contributed by atoms with Gasteiger partial charge in [0, 0.05) is 15.3 Å². The Morgan fingerprint density at radius 2 is 2.00 bits per heavy atom. The number of rotatable bonds is 2. The first-order valence-electron chi connectivity index (χ1n) is 4.77. The zero-order valence-corrected chi connectivity index (χ0v) is 10.8. The molecule has 0 atom stereocenters. The average molecular weight is 253 g/mol. The lowest BCUT2D eigenvalue weighted by Crippen LogP contribution is -1.98. The van der Waals surface area contributed by atoms with Crippen LogP contribution in [0.15, 0.2) is 6.07 Å². The summed E-state index contributed by atoms with van der Waals surface area (Å²) in [5.41, 5.74) is 1.17. The van der Waals surface area contributed by atoms with E-state index in [2.05, 4.69) is 4.98 Å². The van der Waals surface area contributed by atoms with Gasteiger partial charge in [0.1, 0.15) is 0 Å². The van der Waals surface area contributed by atoms with Crippen LogP contribution < -0.4 is 0 Å². The maximum Gasteiger partial charge on any atom is 0.356 e. The summed E-state index contributed by atoms with van der Waals surface area (Å²) >= 11 is 3.12. The van der Waals surface area contributed by atoms with Gasteiger partial charge in [0.05, 0.1) is 9.88 Å². The third kappa shape index (κ3) is 1.88. The summed E-state index contributed by atoms with van der Waals surface area (Å²) in [7, 11) is 0. The number of carboxylic acid groups (broad SMARTS) is 1. The van der Waals surface area contributed by atoms with E-state index in [0.717, 1.165) is 20.3 Å². The number of carbonyl (C=O) groups is 1. The Kier molecular flexibility index (Phi) is 2.82. The van der Waals surface area contributed by atoms with Gasteiger partial charge in [-0.2, -0.15) is 0 Å². The highest BCUT2D eigenvalue weighted by atomic mass is 32.1. The second-order valence-corrected chi connectivity index (χ2v) is 6.21. The van der Waals surface area contributed by atoms with E-state index in [1.807, 2.05) is 26.8 Å². The molecule has 84 valence electrons. The molecule has 0 bridgehead atoms. The van der Waals surface area contributed by atoms with Crippen molar-refractivity contribution in [3.8, 4) is 10.4 Å². The van der Waals surface area contributed by atoms with Gasteiger partial charge in [-0.1, -0.05) is 0 Å². The molecule has 1 N–H and O–H groups in total. The van der Waals surface area contributed by atoms with Crippen LogP contribution in [0.3, 0.4) is 0 Å². The second-order valence-electron chi connectivity index (χ2n) is 3.54. The predicted octanol–water partition coefficient (Wildman–Crippen LogP) is 3.50. The molecule has 3 nitrogen and oxygen atoms in total. The second kappa shape index (κ2) is 3.99. The lowest BCUT2D eigenvalue weighted by atomic mass is 10.2. The third-order valence-electron chi connectivity index (χ3n) is 2.22. The van der Waals surface area contributed by atoms with E-state index in [-0.39, 0.29) is 5.69 Å². The summed E-state index contributed by atoms with van der Waals surface area (Å²) < 4.78 is 0. The van der Waals surface area contributed by atoms with Crippen LogP contribution >= 0.6 is 22.7 Å². The molecule has 0 spiro atoms. The first-order chi connectivity index (χ1) is 7.49. The molecule has 5 heteroatoms. The molecule has 0 fully saturated rings. The number of carboxylic acids is 1. The Balaban J connectivity index is 2.63. The smallest absolute Gasteiger partial charge is 0.356 e. The van der Waals surface area contributed by atoms with Crippen LogP contribution in [-0.4, -0.2) is 16.1 Å². The molecule has 0 aliphatic heterocycles. The summed E-state index contributed by atoms with van der Waals surface area (Å²) in [5.74, 6) is -0.956. The zero-order chi connectivity index (χ0) is 11.9. The fraction of sp³-hybridized carbons (Fsp3) is 0.273. The molecule has 0 unspecified atom stereocenters. The van der Waals surface area contributed by atoms with Gasteiger partial charge in [-0.05, 0) is 26.8 Å². The highest BCUT2D eigenvalue weighted by Gasteiger charge is 2.19. The van der Waals surface area contributed by atoms with Crippen LogP contribution in [-0.2, 0) is 0 Å². The van der Waals surface area contributed by atoms with Crippen molar-refractivity contribution in [2.45, 2.75) is 20.8 Å². The van der Waals surface area contributed by atoms with E-state index in [0.29, 0.717) is 0 Å². The molecular formula is C11H11NO2S2. The first kappa shape index (κ1) is 11.3. The zero-order valence-electron chi connectivity index (χ0n) is 9.20. The number of aromatic carboxylic acids is 1. The molecule has 2 rings (SSSR count). The van der Waals surface area contributed by atoms with Crippen LogP contribution in [0, 0.1) is 20.8 Å². The highest BCUT2D eigenvalue weighted by molar-refractivity contribution is 7.16. The van der Waals surface area contributed by atoms with Crippen LogP contribution in [0.5, 0.6) is 0 Å². The fourth-order valence-corrected chi connectivity index (χ4v) is 3.59. The van der Waals surface area contributed by atoms with Gasteiger partial charge in [0.25, 0.3) is 0 Å². The van der Waals surface area contributed by atoms with Crippen molar-refractivity contribution in [2.24, 2.45) is 0 Å². The van der Waals surface area contributed by atoms with E-state index < -0.39 is 5.97 Å². The van der Waals surface area contributed by atoms with Crippen molar-refractivity contribution in [2.75, 3.05) is 0 Å². The van der Waals surface area contributed by atoms with Crippen LogP contribution in [0.2, 0.25) is 0 Å².